The maximum Gasteiger partial charge on any atom is 0.329 e. The van der Waals surface area contributed by atoms with E-state index in [0.29, 0.717) is 29.9 Å². The molecule has 0 spiro atoms. The Bertz CT molecular complexity index is 737. The molecule has 1 fully saturated rings. The molecule has 7 nitrogen and oxygen atoms in total. The lowest BCUT2D eigenvalue weighted by molar-refractivity contribution is -0.144. The monoisotopic (exact) mass is 320 g/mol. The highest BCUT2D eigenvalue weighted by Crippen LogP contribution is 2.27. The van der Waals surface area contributed by atoms with Crippen molar-refractivity contribution in [1.82, 2.24) is 19.9 Å². The zero-order chi connectivity index (χ0) is 15.7. The highest BCUT2D eigenvalue weighted by molar-refractivity contribution is 7.99. The molecule has 1 aliphatic heterocycles. The van der Waals surface area contributed by atoms with E-state index < -0.39 is 11.5 Å². The lowest BCUT2D eigenvalue weighted by Gasteiger charge is -2.33. The summed E-state index contributed by atoms with van der Waals surface area (Å²) in [6, 6.07) is 3.32. The first-order chi connectivity index (χ1) is 10.5. The Kier molecular flexibility index (Phi) is 3.78. The zero-order valence-electron chi connectivity index (χ0n) is 12.1. The number of pyridine rings is 1. The predicted molar refractivity (Wildman–Crippen MR) is 82.1 cm³/mol. The molecule has 0 radical (unpaired) electrons. The normalized spacial score (nSPS) is 17.3. The summed E-state index contributed by atoms with van der Waals surface area (Å²) in [7, 11) is 0. The molecular weight excluding hydrogens is 304 g/mol. The average molecular weight is 320 g/mol. The first-order valence-electron chi connectivity index (χ1n) is 6.97. The van der Waals surface area contributed by atoms with Crippen molar-refractivity contribution in [3.05, 3.63) is 29.7 Å². The fourth-order valence-corrected chi connectivity index (χ4v) is 3.73. The molecule has 0 aliphatic carbocycles. The van der Waals surface area contributed by atoms with Crippen LogP contribution in [0.4, 0.5) is 0 Å². The highest BCUT2D eigenvalue weighted by atomic mass is 32.2. The van der Waals surface area contributed by atoms with E-state index in [4.69, 9.17) is 0 Å². The number of hydrogen-bond donors (Lipinski definition) is 2. The Morgan fingerprint density at radius 3 is 2.73 bits per heavy atom. The maximum absolute atomic E-state index is 12.5. The summed E-state index contributed by atoms with van der Waals surface area (Å²) in [6.07, 6.45) is 2.51. The van der Waals surface area contributed by atoms with E-state index >= 15 is 0 Å². The first kappa shape index (κ1) is 14.8. The number of amides is 1. The van der Waals surface area contributed by atoms with E-state index in [-0.39, 0.29) is 5.91 Å². The van der Waals surface area contributed by atoms with E-state index in [1.54, 1.807) is 41.4 Å². The topological polar surface area (TPSA) is 96.6 Å². The molecule has 116 valence electrons. The van der Waals surface area contributed by atoms with Crippen molar-refractivity contribution in [2.24, 2.45) is 0 Å². The van der Waals surface area contributed by atoms with Crippen LogP contribution in [-0.4, -0.2) is 48.6 Å². The molecule has 0 atom stereocenters. The van der Waals surface area contributed by atoms with E-state index in [1.165, 1.54) is 0 Å². The van der Waals surface area contributed by atoms with E-state index in [1.807, 2.05) is 0 Å². The van der Waals surface area contributed by atoms with Crippen molar-refractivity contribution in [1.29, 1.82) is 0 Å². The third kappa shape index (κ3) is 2.54. The number of aryl methyl sites for hydroxylation is 1. The van der Waals surface area contributed by atoms with Crippen LogP contribution in [0, 0.1) is 6.92 Å². The Morgan fingerprint density at radius 2 is 2.05 bits per heavy atom. The number of carboxylic acids is 1. The summed E-state index contributed by atoms with van der Waals surface area (Å²) >= 11 is 1.71. The van der Waals surface area contributed by atoms with Crippen molar-refractivity contribution in [2.45, 2.75) is 25.3 Å². The number of aliphatic carboxylic acids is 1. The largest absolute Gasteiger partial charge is 0.480 e. The summed E-state index contributed by atoms with van der Waals surface area (Å²) in [6.45, 7) is 1.79. The molecule has 3 rings (SSSR count). The molecule has 22 heavy (non-hydrogen) atoms. The van der Waals surface area contributed by atoms with Gasteiger partial charge < -0.3 is 10.4 Å². The lowest BCUT2D eigenvalue weighted by Crippen LogP contribution is -2.56. The quantitative estimate of drug-likeness (QED) is 0.879. The van der Waals surface area contributed by atoms with Gasteiger partial charge in [0.1, 0.15) is 11.4 Å². The van der Waals surface area contributed by atoms with E-state index in [9.17, 15) is 14.7 Å². The SMILES string of the molecule is Cc1nnc2ccc(C(=O)NC3(C(=O)O)CCSCC3)cn12. The number of hydrogen-bond acceptors (Lipinski definition) is 5. The Morgan fingerprint density at radius 1 is 1.32 bits per heavy atom. The molecule has 2 N–H and O–H groups in total. The highest BCUT2D eigenvalue weighted by Gasteiger charge is 2.41. The van der Waals surface area contributed by atoms with Crippen LogP contribution in [0.2, 0.25) is 0 Å². The molecule has 8 heteroatoms. The number of carboxylic acid groups (broad SMARTS) is 1. The summed E-state index contributed by atoms with van der Waals surface area (Å²) in [4.78, 5) is 24.1. The van der Waals surface area contributed by atoms with Crippen molar-refractivity contribution in [2.75, 3.05) is 11.5 Å². The van der Waals surface area contributed by atoms with Crippen LogP contribution in [0.1, 0.15) is 29.0 Å². The summed E-state index contributed by atoms with van der Waals surface area (Å²) in [5, 5.41) is 20.1. The molecular formula is C14H16N4O3S. The molecule has 1 aliphatic rings. The minimum atomic E-state index is -1.17. The van der Waals surface area contributed by atoms with Crippen LogP contribution in [0.15, 0.2) is 18.3 Å². The van der Waals surface area contributed by atoms with Crippen molar-refractivity contribution >= 4 is 29.3 Å². The van der Waals surface area contributed by atoms with Gasteiger partial charge in [-0.25, -0.2) is 4.79 Å². The summed E-state index contributed by atoms with van der Waals surface area (Å²) in [5.74, 6) is 0.783. The fourth-order valence-electron chi connectivity index (χ4n) is 2.54. The van der Waals surface area contributed by atoms with Gasteiger partial charge in [0.05, 0.1) is 5.56 Å². The molecule has 2 aromatic heterocycles. The van der Waals surface area contributed by atoms with Gasteiger partial charge in [0.25, 0.3) is 5.91 Å². The number of fused-ring (bicyclic) bond motifs is 1. The molecule has 0 saturated carbocycles. The van der Waals surface area contributed by atoms with Gasteiger partial charge in [0, 0.05) is 6.20 Å². The third-order valence-electron chi connectivity index (χ3n) is 3.94. The number of rotatable bonds is 3. The van der Waals surface area contributed by atoms with Crippen molar-refractivity contribution in [3.63, 3.8) is 0 Å². The van der Waals surface area contributed by atoms with E-state index in [0.717, 1.165) is 11.5 Å². The number of nitrogens with zero attached hydrogens (tertiary/aromatic N) is 3. The second-order valence-corrected chi connectivity index (χ2v) is 6.57. The van der Waals surface area contributed by atoms with Gasteiger partial charge in [0.15, 0.2) is 5.65 Å². The zero-order valence-corrected chi connectivity index (χ0v) is 12.9. The molecule has 0 bridgehead atoms. The van der Waals surface area contributed by atoms with Gasteiger partial charge in [-0.2, -0.15) is 11.8 Å². The fraction of sp³-hybridized carbons (Fsp3) is 0.429. The van der Waals surface area contributed by atoms with Crippen molar-refractivity contribution in [3.8, 4) is 0 Å². The minimum absolute atomic E-state index is 0.385. The van der Waals surface area contributed by atoms with Crippen molar-refractivity contribution < 1.29 is 14.7 Å². The van der Waals surface area contributed by atoms with Crippen LogP contribution < -0.4 is 5.32 Å². The van der Waals surface area contributed by atoms with Gasteiger partial charge in [-0.15, -0.1) is 10.2 Å². The van der Waals surface area contributed by atoms with Crippen LogP contribution in [0.5, 0.6) is 0 Å². The maximum atomic E-state index is 12.5. The van der Waals surface area contributed by atoms with E-state index in [2.05, 4.69) is 15.5 Å². The predicted octanol–water partition coefficient (Wildman–Crippen LogP) is 1.12. The standard InChI is InChI=1S/C14H16N4O3S/c1-9-16-17-11-3-2-10(8-18(9)11)12(19)15-14(13(20)21)4-6-22-7-5-14/h2-3,8H,4-7H2,1H3,(H,15,19)(H,20,21). The second-order valence-electron chi connectivity index (χ2n) is 5.35. The number of nitrogens with one attached hydrogen (secondary N) is 1. The van der Waals surface area contributed by atoms with Crippen LogP contribution in [-0.2, 0) is 4.79 Å². The van der Waals surface area contributed by atoms with Gasteiger partial charge in [-0.3, -0.25) is 9.20 Å². The molecule has 0 aromatic carbocycles. The Balaban J connectivity index is 1.88. The van der Waals surface area contributed by atoms with Crippen LogP contribution in [0.3, 0.4) is 0 Å². The van der Waals surface area contributed by atoms with Gasteiger partial charge >= 0.3 is 5.97 Å². The first-order valence-corrected chi connectivity index (χ1v) is 8.12. The van der Waals surface area contributed by atoms with Gasteiger partial charge in [-0.05, 0) is 43.4 Å². The molecule has 1 saturated heterocycles. The average Bonchev–Trinajstić information content (AvgIpc) is 2.89. The molecule has 0 unspecified atom stereocenters. The Labute approximate surface area is 131 Å². The number of thioether (sulfide) groups is 1. The van der Waals surface area contributed by atoms with Crippen LogP contribution in [0.25, 0.3) is 5.65 Å². The lowest BCUT2D eigenvalue weighted by atomic mass is 9.92. The second kappa shape index (κ2) is 5.60. The number of aromatic nitrogens is 3. The molecule has 3 heterocycles. The number of carbonyl (C=O) groups is 2. The van der Waals surface area contributed by atoms with Crippen LogP contribution >= 0.6 is 11.8 Å². The minimum Gasteiger partial charge on any atom is -0.480 e. The van der Waals surface area contributed by atoms with Gasteiger partial charge in [-0.1, -0.05) is 0 Å². The molecule has 1 amide bonds. The number of carbonyl (C=O) groups excluding carboxylic acids is 1. The van der Waals surface area contributed by atoms with Gasteiger partial charge in [0.2, 0.25) is 0 Å². The summed E-state index contributed by atoms with van der Waals surface area (Å²) in [5.41, 5.74) is -0.121. The third-order valence-corrected chi connectivity index (χ3v) is 4.93. The summed E-state index contributed by atoms with van der Waals surface area (Å²) < 4.78 is 1.71. The Hall–Kier alpha value is -2.09. The smallest absolute Gasteiger partial charge is 0.329 e. The molecule has 2 aromatic rings.